The molecule has 0 aromatic carbocycles. The van der Waals surface area contributed by atoms with E-state index in [1.165, 1.54) is 0 Å². The molecule has 8 heteroatoms. The fraction of sp³-hybridized carbons (Fsp3) is 0.824. The van der Waals surface area contributed by atoms with Gasteiger partial charge in [-0.05, 0) is 26.8 Å². The Morgan fingerprint density at radius 1 is 1.36 bits per heavy atom. The molecule has 2 aliphatic rings. The van der Waals surface area contributed by atoms with E-state index in [2.05, 4.69) is 26.9 Å². The van der Waals surface area contributed by atoms with Gasteiger partial charge in [0, 0.05) is 32.6 Å². The second-order valence-corrected chi connectivity index (χ2v) is 7.30. The lowest BCUT2D eigenvalue weighted by Crippen LogP contribution is -2.45. The summed E-state index contributed by atoms with van der Waals surface area (Å²) in [7, 11) is 0. The lowest BCUT2D eigenvalue weighted by atomic mass is 10.2. The number of hydrogen-bond acceptors (Lipinski definition) is 7. The number of aromatic nitrogens is 2. The summed E-state index contributed by atoms with van der Waals surface area (Å²) in [6, 6.07) is 0.0956. The Kier molecular flexibility index (Phi) is 5.41. The first-order chi connectivity index (χ1) is 11.9. The van der Waals surface area contributed by atoms with Crippen molar-refractivity contribution in [3.8, 4) is 0 Å². The normalized spacial score (nSPS) is 28.0. The number of nitrogens with zero attached hydrogens (tertiary/aromatic N) is 5. The molecule has 3 heterocycles. The summed E-state index contributed by atoms with van der Waals surface area (Å²) in [6.07, 6.45) is 0.357. The number of β-amino-alcohol motifs (C(OH)–C–C–N with tert-alkyl or cyclic N) is 1. The molecule has 0 unspecified atom stereocenters. The monoisotopic (exact) mass is 351 g/mol. The maximum absolute atomic E-state index is 12.6. The van der Waals surface area contributed by atoms with E-state index in [0.717, 1.165) is 19.5 Å². The van der Waals surface area contributed by atoms with E-state index in [9.17, 15) is 9.90 Å². The Bertz CT molecular complexity index is 605. The first-order valence-electron chi connectivity index (χ1n) is 9.16. The molecule has 0 bridgehead atoms. The summed E-state index contributed by atoms with van der Waals surface area (Å²) >= 11 is 0. The zero-order valence-corrected chi connectivity index (χ0v) is 15.6. The highest BCUT2D eigenvalue weighted by molar-refractivity contribution is 5.84. The zero-order chi connectivity index (χ0) is 18.1. The van der Waals surface area contributed by atoms with E-state index >= 15 is 0 Å². The topological polar surface area (TPSA) is 85.9 Å². The third-order valence-electron chi connectivity index (χ3n) is 5.34. The Balaban J connectivity index is 1.65. The molecule has 1 aromatic heterocycles. The molecule has 0 saturated carbocycles. The van der Waals surface area contributed by atoms with Crippen LogP contribution in [0, 0.1) is 6.92 Å². The zero-order valence-electron chi connectivity index (χ0n) is 15.6. The number of aliphatic hydroxyl groups is 1. The standard InChI is InChI=1S/C17H29N5O3/c1-5-20(10-16-19-18-12(4)25-16)14-8-21(9-15(14)23)13-6-7-22(11(2)3)17(13)24/h11,13-15,23H,5-10H2,1-4H3/t13-,14-,15-/m1/s1. The highest BCUT2D eigenvalue weighted by Crippen LogP contribution is 2.26. The van der Waals surface area contributed by atoms with Crippen molar-refractivity contribution in [1.29, 1.82) is 0 Å². The largest absolute Gasteiger partial charge is 0.424 e. The Morgan fingerprint density at radius 3 is 2.68 bits per heavy atom. The van der Waals surface area contributed by atoms with Gasteiger partial charge in [-0.25, -0.2) is 0 Å². The Labute approximate surface area is 148 Å². The van der Waals surface area contributed by atoms with Gasteiger partial charge in [0.2, 0.25) is 17.7 Å². The minimum Gasteiger partial charge on any atom is -0.424 e. The molecule has 3 atom stereocenters. The summed E-state index contributed by atoms with van der Waals surface area (Å²) in [5.41, 5.74) is 0. The molecule has 1 amide bonds. The summed E-state index contributed by atoms with van der Waals surface area (Å²) in [6.45, 7) is 11.2. The van der Waals surface area contributed by atoms with Gasteiger partial charge in [0.25, 0.3) is 0 Å². The average Bonchev–Trinajstić information content (AvgIpc) is 3.24. The number of rotatable bonds is 6. The van der Waals surface area contributed by atoms with Crippen molar-refractivity contribution in [3.63, 3.8) is 0 Å². The van der Waals surface area contributed by atoms with Crippen LogP contribution in [0.2, 0.25) is 0 Å². The van der Waals surface area contributed by atoms with Gasteiger partial charge in [0.05, 0.1) is 24.7 Å². The highest BCUT2D eigenvalue weighted by atomic mass is 16.4. The van der Waals surface area contributed by atoms with E-state index in [1.54, 1.807) is 6.92 Å². The number of likely N-dealkylation sites (N-methyl/N-ethyl adjacent to an activating group) is 1. The molecular formula is C17H29N5O3. The fourth-order valence-corrected chi connectivity index (χ4v) is 3.99. The van der Waals surface area contributed by atoms with Crippen molar-refractivity contribution in [2.45, 2.75) is 64.9 Å². The average molecular weight is 351 g/mol. The summed E-state index contributed by atoms with van der Waals surface area (Å²) in [5.74, 6) is 1.30. The van der Waals surface area contributed by atoms with E-state index in [1.807, 2.05) is 18.7 Å². The summed E-state index contributed by atoms with van der Waals surface area (Å²) < 4.78 is 5.47. The van der Waals surface area contributed by atoms with Crippen molar-refractivity contribution < 1.29 is 14.3 Å². The van der Waals surface area contributed by atoms with Crippen molar-refractivity contribution >= 4 is 5.91 Å². The number of aryl methyl sites for hydroxylation is 1. The molecule has 1 aromatic rings. The number of hydrogen-bond donors (Lipinski definition) is 1. The Hall–Kier alpha value is -1.51. The molecule has 0 radical (unpaired) electrons. The maximum atomic E-state index is 12.6. The van der Waals surface area contributed by atoms with Gasteiger partial charge >= 0.3 is 0 Å². The molecule has 0 aliphatic carbocycles. The lowest BCUT2D eigenvalue weighted by Gasteiger charge is -2.29. The summed E-state index contributed by atoms with van der Waals surface area (Å²) in [5, 5.41) is 18.5. The van der Waals surface area contributed by atoms with Crippen LogP contribution in [0.3, 0.4) is 0 Å². The van der Waals surface area contributed by atoms with Gasteiger partial charge in [-0.1, -0.05) is 6.92 Å². The molecular weight excluding hydrogens is 322 g/mol. The molecule has 8 nitrogen and oxygen atoms in total. The number of aliphatic hydroxyl groups excluding tert-OH is 1. The maximum Gasteiger partial charge on any atom is 0.240 e. The quantitative estimate of drug-likeness (QED) is 0.786. The van der Waals surface area contributed by atoms with Crippen molar-refractivity contribution in [1.82, 2.24) is 24.9 Å². The van der Waals surface area contributed by atoms with Crippen LogP contribution < -0.4 is 0 Å². The molecule has 25 heavy (non-hydrogen) atoms. The first-order valence-corrected chi connectivity index (χ1v) is 9.16. The van der Waals surface area contributed by atoms with Crippen LogP contribution in [0.4, 0.5) is 0 Å². The smallest absolute Gasteiger partial charge is 0.240 e. The van der Waals surface area contributed by atoms with Crippen molar-refractivity contribution in [2.24, 2.45) is 0 Å². The van der Waals surface area contributed by atoms with Gasteiger partial charge in [0.1, 0.15) is 0 Å². The lowest BCUT2D eigenvalue weighted by molar-refractivity contribution is -0.133. The van der Waals surface area contributed by atoms with Crippen LogP contribution in [0.25, 0.3) is 0 Å². The van der Waals surface area contributed by atoms with E-state index in [0.29, 0.717) is 31.4 Å². The summed E-state index contributed by atoms with van der Waals surface area (Å²) in [4.78, 5) is 18.9. The van der Waals surface area contributed by atoms with Gasteiger partial charge in [-0.15, -0.1) is 10.2 Å². The second-order valence-electron chi connectivity index (χ2n) is 7.30. The van der Waals surface area contributed by atoms with Crippen LogP contribution in [0.5, 0.6) is 0 Å². The minimum absolute atomic E-state index is 0.0295. The minimum atomic E-state index is -0.482. The van der Waals surface area contributed by atoms with Gasteiger partial charge < -0.3 is 14.4 Å². The fourth-order valence-electron chi connectivity index (χ4n) is 3.99. The predicted molar refractivity (Wildman–Crippen MR) is 91.7 cm³/mol. The van der Waals surface area contributed by atoms with E-state index < -0.39 is 6.10 Å². The SMILES string of the molecule is CCN(Cc1nnc(C)o1)[C@@H]1CN([C@@H]2CCN(C(C)C)C2=O)C[C@H]1O. The van der Waals surface area contributed by atoms with Crippen molar-refractivity contribution in [3.05, 3.63) is 11.8 Å². The number of likely N-dealkylation sites (tertiary alicyclic amines) is 2. The van der Waals surface area contributed by atoms with Crippen LogP contribution in [0.1, 0.15) is 39.0 Å². The van der Waals surface area contributed by atoms with Crippen molar-refractivity contribution in [2.75, 3.05) is 26.2 Å². The number of carbonyl (C=O) groups is 1. The molecule has 2 saturated heterocycles. The predicted octanol–water partition coefficient (Wildman–Crippen LogP) is 0.254. The Morgan fingerprint density at radius 2 is 2.12 bits per heavy atom. The number of carbonyl (C=O) groups excluding carboxylic acids is 1. The third kappa shape index (κ3) is 3.70. The first kappa shape index (κ1) is 18.3. The van der Waals surface area contributed by atoms with E-state index in [4.69, 9.17) is 4.42 Å². The van der Waals surface area contributed by atoms with Gasteiger partial charge in [-0.3, -0.25) is 14.6 Å². The number of amides is 1. The van der Waals surface area contributed by atoms with Gasteiger partial charge in [-0.2, -0.15) is 0 Å². The van der Waals surface area contributed by atoms with Crippen LogP contribution in [-0.2, 0) is 11.3 Å². The molecule has 3 rings (SSSR count). The highest BCUT2D eigenvalue weighted by Gasteiger charge is 2.44. The molecule has 2 fully saturated rings. The van der Waals surface area contributed by atoms with Crippen LogP contribution in [0.15, 0.2) is 4.42 Å². The third-order valence-corrected chi connectivity index (χ3v) is 5.34. The van der Waals surface area contributed by atoms with Gasteiger partial charge in [0.15, 0.2) is 0 Å². The van der Waals surface area contributed by atoms with Crippen LogP contribution >= 0.6 is 0 Å². The molecule has 2 aliphatic heterocycles. The molecule has 1 N–H and O–H groups in total. The molecule has 140 valence electrons. The van der Waals surface area contributed by atoms with Crippen LogP contribution in [-0.4, -0.2) is 86.3 Å². The van der Waals surface area contributed by atoms with E-state index in [-0.39, 0.29) is 24.0 Å². The second kappa shape index (κ2) is 7.39. The molecule has 0 spiro atoms.